The van der Waals surface area contributed by atoms with Crippen molar-refractivity contribution in [1.29, 1.82) is 0 Å². The number of carbonyl (C=O) groups excluding carboxylic acids is 2. The molecule has 1 aliphatic rings. The fourth-order valence-electron chi connectivity index (χ4n) is 2.98. The first kappa shape index (κ1) is 17.0. The third kappa shape index (κ3) is 3.79. The summed E-state index contributed by atoms with van der Waals surface area (Å²) in [5.41, 5.74) is 4.08. The van der Waals surface area contributed by atoms with E-state index >= 15 is 0 Å². The maximum Gasteiger partial charge on any atom is 0.331 e. The highest BCUT2D eigenvalue weighted by molar-refractivity contribution is 6.00. The lowest BCUT2D eigenvalue weighted by Gasteiger charge is -2.21. The minimum atomic E-state index is -0.819. The van der Waals surface area contributed by atoms with E-state index in [2.05, 4.69) is 0 Å². The number of aryl methyl sites for hydroxylation is 1. The quantitative estimate of drug-likeness (QED) is 0.634. The molecule has 1 amide bonds. The van der Waals surface area contributed by atoms with E-state index in [1.165, 1.54) is 6.08 Å². The molecule has 0 fully saturated rings. The second-order valence-electron chi connectivity index (χ2n) is 6.14. The van der Waals surface area contributed by atoms with Crippen LogP contribution in [-0.2, 0) is 20.7 Å². The molecule has 2 aromatic rings. The predicted octanol–water partition coefficient (Wildman–Crippen LogP) is 3.53. The van der Waals surface area contributed by atoms with Crippen molar-refractivity contribution in [3.05, 3.63) is 71.3 Å². The summed E-state index contributed by atoms with van der Waals surface area (Å²) in [5, 5.41) is 0. The van der Waals surface area contributed by atoms with E-state index in [9.17, 15) is 9.59 Å². The van der Waals surface area contributed by atoms with Crippen molar-refractivity contribution < 1.29 is 14.3 Å². The Hall–Kier alpha value is -2.88. The third-order valence-electron chi connectivity index (χ3n) is 4.38. The van der Waals surface area contributed by atoms with Gasteiger partial charge in [0.1, 0.15) is 0 Å². The van der Waals surface area contributed by atoms with Gasteiger partial charge in [0.05, 0.1) is 0 Å². The maximum absolute atomic E-state index is 12.6. The van der Waals surface area contributed by atoms with E-state index in [1.807, 2.05) is 55.5 Å². The van der Waals surface area contributed by atoms with Gasteiger partial charge in [-0.25, -0.2) is 4.79 Å². The monoisotopic (exact) mass is 335 g/mol. The van der Waals surface area contributed by atoms with E-state index in [0.29, 0.717) is 6.54 Å². The highest BCUT2D eigenvalue weighted by Crippen LogP contribution is 2.28. The zero-order chi connectivity index (χ0) is 17.8. The van der Waals surface area contributed by atoms with Crippen LogP contribution >= 0.6 is 0 Å². The van der Waals surface area contributed by atoms with E-state index in [1.54, 1.807) is 17.9 Å². The predicted molar refractivity (Wildman–Crippen MR) is 98.3 cm³/mol. The Morgan fingerprint density at radius 1 is 1.12 bits per heavy atom. The Morgan fingerprint density at radius 3 is 2.64 bits per heavy atom. The summed E-state index contributed by atoms with van der Waals surface area (Å²) in [5.74, 6) is -0.709. The number of ether oxygens (including phenoxy) is 1. The van der Waals surface area contributed by atoms with Gasteiger partial charge in [-0.15, -0.1) is 0 Å². The Labute approximate surface area is 147 Å². The van der Waals surface area contributed by atoms with Gasteiger partial charge in [-0.05, 0) is 49.1 Å². The zero-order valence-electron chi connectivity index (χ0n) is 14.4. The summed E-state index contributed by atoms with van der Waals surface area (Å²) in [7, 11) is 0. The number of amides is 1. The summed E-state index contributed by atoms with van der Waals surface area (Å²) in [6, 6.07) is 15.6. The van der Waals surface area contributed by atoms with Gasteiger partial charge in [0.25, 0.3) is 5.91 Å². The molecule has 0 spiro atoms. The Morgan fingerprint density at radius 2 is 1.84 bits per heavy atom. The number of nitrogens with zero attached hydrogens (tertiary/aromatic N) is 1. The molecule has 1 heterocycles. The molecule has 0 saturated heterocycles. The summed E-state index contributed by atoms with van der Waals surface area (Å²) in [4.78, 5) is 26.3. The molecule has 2 aromatic carbocycles. The first-order chi connectivity index (χ1) is 12.1. The van der Waals surface area contributed by atoms with Crippen molar-refractivity contribution >= 4 is 23.6 Å². The normalized spacial score (nSPS) is 14.4. The van der Waals surface area contributed by atoms with Crippen LogP contribution in [0.15, 0.2) is 54.6 Å². The molecule has 128 valence electrons. The Kier molecular flexibility index (Phi) is 4.98. The number of anilines is 1. The third-order valence-corrected chi connectivity index (χ3v) is 4.38. The number of hydrogen-bond donors (Lipinski definition) is 0. The summed E-state index contributed by atoms with van der Waals surface area (Å²) >= 11 is 0. The summed E-state index contributed by atoms with van der Waals surface area (Å²) in [6.07, 6.45) is 3.08. The van der Waals surface area contributed by atoms with Gasteiger partial charge < -0.3 is 9.64 Å². The van der Waals surface area contributed by atoms with Crippen LogP contribution in [0.1, 0.15) is 23.6 Å². The highest BCUT2D eigenvalue weighted by atomic mass is 16.5. The molecule has 4 nitrogen and oxygen atoms in total. The zero-order valence-corrected chi connectivity index (χ0v) is 14.4. The Balaban J connectivity index is 1.62. The van der Waals surface area contributed by atoms with Crippen LogP contribution in [0, 0.1) is 6.92 Å². The fourth-order valence-corrected chi connectivity index (χ4v) is 2.98. The maximum atomic E-state index is 12.6. The first-order valence-corrected chi connectivity index (χ1v) is 8.40. The van der Waals surface area contributed by atoms with Gasteiger partial charge in [-0.1, -0.05) is 42.5 Å². The van der Waals surface area contributed by atoms with Crippen LogP contribution in [0.3, 0.4) is 0 Å². The number of fused-ring (bicyclic) bond motifs is 1. The molecule has 0 bridgehead atoms. The molecule has 4 heteroatoms. The molecule has 0 unspecified atom stereocenters. The van der Waals surface area contributed by atoms with E-state index in [0.717, 1.165) is 28.8 Å². The fraction of sp³-hybridized carbons (Fsp3) is 0.238. The summed E-state index contributed by atoms with van der Waals surface area (Å²) < 4.78 is 5.28. The van der Waals surface area contributed by atoms with Gasteiger partial charge in [0.15, 0.2) is 6.10 Å². The lowest BCUT2D eigenvalue weighted by molar-refractivity contribution is -0.149. The molecule has 0 aromatic heterocycles. The standard InChI is InChI=1S/C21H21NO3/c1-15-7-3-4-8-17(15)11-12-20(23)25-16(2)21(24)22-14-13-18-9-5-6-10-19(18)22/h3-12,16H,13-14H2,1-2H3/b12-11+/t16-/m0/s1. The van der Waals surface area contributed by atoms with Crippen LogP contribution in [0.5, 0.6) is 0 Å². The second-order valence-corrected chi connectivity index (χ2v) is 6.14. The number of esters is 1. The smallest absolute Gasteiger partial charge is 0.331 e. The van der Waals surface area contributed by atoms with Crippen molar-refractivity contribution in [2.75, 3.05) is 11.4 Å². The lowest BCUT2D eigenvalue weighted by Crippen LogP contribution is -2.38. The molecule has 0 aliphatic carbocycles. The summed E-state index contributed by atoms with van der Waals surface area (Å²) in [6.45, 7) is 4.21. The lowest BCUT2D eigenvalue weighted by atomic mass is 10.1. The second kappa shape index (κ2) is 7.34. The van der Waals surface area contributed by atoms with Crippen LogP contribution in [0.25, 0.3) is 6.08 Å². The van der Waals surface area contributed by atoms with Gasteiger partial charge in [-0.2, -0.15) is 0 Å². The molecular weight excluding hydrogens is 314 g/mol. The van der Waals surface area contributed by atoms with Crippen molar-refractivity contribution in [3.8, 4) is 0 Å². The van der Waals surface area contributed by atoms with E-state index in [4.69, 9.17) is 4.74 Å². The van der Waals surface area contributed by atoms with Gasteiger partial charge in [0, 0.05) is 18.3 Å². The number of rotatable bonds is 4. The first-order valence-electron chi connectivity index (χ1n) is 8.40. The number of para-hydroxylation sites is 1. The molecule has 3 rings (SSSR count). The van der Waals surface area contributed by atoms with Gasteiger partial charge in [0.2, 0.25) is 0 Å². The average molecular weight is 335 g/mol. The largest absolute Gasteiger partial charge is 0.449 e. The van der Waals surface area contributed by atoms with E-state index < -0.39 is 12.1 Å². The van der Waals surface area contributed by atoms with Crippen LogP contribution in [-0.4, -0.2) is 24.5 Å². The average Bonchev–Trinajstić information content (AvgIpc) is 3.04. The van der Waals surface area contributed by atoms with Gasteiger partial charge >= 0.3 is 5.97 Å². The van der Waals surface area contributed by atoms with Crippen LogP contribution < -0.4 is 4.90 Å². The molecule has 0 N–H and O–H groups in total. The number of carbonyl (C=O) groups is 2. The minimum Gasteiger partial charge on any atom is -0.449 e. The molecular formula is C21H21NO3. The number of benzene rings is 2. The highest BCUT2D eigenvalue weighted by Gasteiger charge is 2.29. The molecule has 0 radical (unpaired) electrons. The van der Waals surface area contributed by atoms with Crippen LogP contribution in [0.4, 0.5) is 5.69 Å². The molecule has 25 heavy (non-hydrogen) atoms. The number of hydrogen-bond acceptors (Lipinski definition) is 3. The van der Waals surface area contributed by atoms with Crippen molar-refractivity contribution in [3.63, 3.8) is 0 Å². The Bertz CT molecular complexity index is 825. The van der Waals surface area contributed by atoms with Crippen molar-refractivity contribution in [2.45, 2.75) is 26.4 Å². The SMILES string of the molecule is Cc1ccccc1/C=C/C(=O)O[C@@H](C)C(=O)N1CCc2ccccc21. The topological polar surface area (TPSA) is 46.6 Å². The molecule has 1 atom stereocenters. The van der Waals surface area contributed by atoms with Crippen LogP contribution in [0.2, 0.25) is 0 Å². The minimum absolute atomic E-state index is 0.192. The van der Waals surface area contributed by atoms with Crippen molar-refractivity contribution in [2.24, 2.45) is 0 Å². The molecule has 0 saturated carbocycles. The van der Waals surface area contributed by atoms with Gasteiger partial charge in [-0.3, -0.25) is 4.79 Å². The molecule has 1 aliphatic heterocycles. The van der Waals surface area contributed by atoms with Crippen molar-refractivity contribution in [1.82, 2.24) is 0 Å². The van der Waals surface area contributed by atoms with E-state index in [-0.39, 0.29) is 5.91 Å².